The third kappa shape index (κ3) is 3.09. The van der Waals surface area contributed by atoms with Crippen molar-refractivity contribution in [3.8, 4) is 11.3 Å². The van der Waals surface area contributed by atoms with Crippen LogP contribution >= 0.6 is 0 Å². The maximum Gasteiger partial charge on any atom is 0.222 e. The minimum Gasteiger partial charge on any atom is -0.342 e. The van der Waals surface area contributed by atoms with Crippen LogP contribution in [0.5, 0.6) is 0 Å². The molecule has 1 aliphatic carbocycles. The van der Waals surface area contributed by atoms with E-state index in [-0.39, 0.29) is 0 Å². The fourth-order valence-electron chi connectivity index (χ4n) is 3.23. The monoisotopic (exact) mass is 308 g/mol. The lowest BCUT2D eigenvalue weighted by molar-refractivity contribution is -0.131. The van der Waals surface area contributed by atoms with Gasteiger partial charge in [0.05, 0.1) is 5.69 Å². The van der Waals surface area contributed by atoms with Crippen LogP contribution in [0, 0.1) is 5.92 Å². The first-order chi connectivity index (χ1) is 11.3. The number of hydrogen-bond acceptors (Lipinski definition) is 4. The van der Waals surface area contributed by atoms with Gasteiger partial charge in [0.2, 0.25) is 5.91 Å². The zero-order valence-corrected chi connectivity index (χ0v) is 13.1. The van der Waals surface area contributed by atoms with Gasteiger partial charge in [-0.1, -0.05) is 0 Å². The second-order valence-electron chi connectivity index (χ2n) is 6.41. The average molecular weight is 308 g/mol. The minimum absolute atomic E-state index is 0.304. The van der Waals surface area contributed by atoms with Gasteiger partial charge < -0.3 is 4.90 Å². The molecule has 0 saturated heterocycles. The molecule has 1 aliphatic heterocycles. The van der Waals surface area contributed by atoms with Crippen molar-refractivity contribution in [2.75, 3.05) is 13.1 Å². The highest BCUT2D eigenvalue weighted by Crippen LogP contribution is 2.33. The molecule has 4 rings (SSSR count). The number of carbonyl (C=O) groups excluding carboxylic acids is 1. The Morgan fingerprint density at radius 3 is 2.70 bits per heavy atom. The van der Waals surface area contributed by atoms with Gasteiger partial charge in [-0.2, -0.15) is 0 Å². The van der Waals surface area contributed by atoms with Crippen LogP contribution in [-0.4, -0.2) is 38.8 Å². The molecule has 5 heteroatoms. The summed E-state index contributed by atoms with van der Waals surface area (Å²) in [5.41, 5.74) is 4.30. The molecule has 23 heavy (non-hydrogen) atoms. The lowest BCUT2D eigenvalue weighted by Gasteiger charge is -2.20. The fraction of sp³-hybridized carbons (Fsp3) is 0.444. The molecule has 0 N–H and O–H groups in total. The summed E-state index contributed by atoms with van der Waals surface area (Å²) in [6.07, 6.45) is 10.00. The molecule has 2 aromatic rings. The lowest BCUT2D eigenvalue weighted by Crippen LogP contribution is -2.33. The van der Waals surface area contributed by atoms with E-state index in [9.17, 15) is 4.79 Å². The minimum atomic E-state index is 0.304. The van der Waals surface area contributed by atoms with Crippen molar-refractivity contribution in [1.29, 1.82) is 0 Å². The third-order valence-corrected chi connectivity index (χ3v) is 4.75. The van der Waals surface area contributed by atoms with Gasteiger partial charge in [-0.05, 0) is 37.3 Å². The Bertz CT molecular complexity index is 712. The summed E-state index contributed by atoms with van der Waals surface area (Å²) in [6.45, 7) is 1.54. The van der Waals surface area contributed by atoms with E-state index in [0.29, 0.717) is 11.8 Å². The molecule has 0 spiro atoms. The van der Waals surface area contributed by atoms with Gasteiger partial charge in [0.25, 0.3) is 0 Å². The molecule has 118 valence electrons. The summed E-state index contributed by atoms with van der Waals surface area (Å²) in [5.74, 6) is 0.944. The van der Waals surface area contributed by atoms with E-state index in [4.69, 9.17) is 0 Å². The standard InChI is InChI=1S/C18H20N4O/c23-17(11-13-1-2-13)22-9-5-15-16(6-10-22)20-12-21-18(15)14-3-7-19-8-4-14/h3-4,7-8,12-13H,1-2,5-6,9-11H2. The van der Waals surface area contributed by atoms with Crippen molar-refractivity contribution >= 4 is 5.91 Å². The highest BCUT2D eigenvalue weighted by molar-refractivity contribution is 5.77. The van der Waals surface area contributed by atoms with E-state index in [1.54, 1.807) is 18.7 Å². The lowest BCUT2D eigenvalue weighted by atomic mass is 10.0. The molecule has 5 nitrogen and oxygen atoms in total. The Balaban J connectivity index is 1.57. The largest absolute Gasteiger partial charge is 0.342 e. The van der Waals surface area contributed by atoms with Gasteiger partial charge in [0.1, 0.15) is 6.33 Å². The van der Waals surface area contributed by atoms with Gasteiger partial charge in [-0.3, -0.25) is 9.78 Å². The first kappa shape index (κ1) is 14.3. The van der Waals surface area contributed by atoms with Crippen molar-refractivity contribution in [2.24, 2.45) is 5.92 Å². The van der Waals surface area contributed by atoms with Crippen LogP contribution in [0.15, 0.2) is 30.9 Å². The number of nitrogens with zero attached hydrogens (tertiary/aromatic N) is 4. The zero-order valence-electron chi connectivity index (χ0n) is 13.1. The van der Waals surface area contributed by atoms with Crippen molar-refractivity contribution < 1.29 is 4.79 Å². The number of carbonyl (C=O) groups is 1. The normalized spacial score (nSPS) is 17.5. The maximum absolute atomic E-state index is 12.4. The summed E-state index contributed by atoms with van der Waals surface area (Å²) in [5, 5.41) is 0. The van der Waals surface area contributed by atoms with E-state index >= 15 is 0 Å². The summed E-state index contributed by atoms with van der Waals surface area (Å²) in [7, 11) is 0. The summed E-state index contributed by atoms with van der Waals surface area (Å²) < 4.78 is 0. The molecule has 1 fully saturated rings. The van der Waals surface area contributed by atoms with Gasteiger partial charge in [0, 0.05) is 55.1 Å². The molecule has 2 aliphatic rings. The SMILES string of the molecule is O=C(CC1CC1)N1CCc2ncnc(-c3ccncc3)c2CC1. The van der Waals surface area contributed by atoms with Crippen molar-refractivity contribution in [3.05, 3.63) is 42.1 Å². The van der Waals surface area contributed by atoms with E-state index in [0.717, 1.165) is 49.3 Å². The van der Waals surface area contributed by atoms with Crippen LogP contribution in [-0.2, 0) is 17.6 Å². The average Bonchev–Trinajstić information content (AvgIpc) is 3.41. The van der Waals surface area contributed by atoms with Gasteiger partial charge in [-0.15, -0.1) is 0 Å². The first-order valence-corrected chi connectivity index (χ1v) is 8.32. The topological polar surface area (TPSA) is 59.0 Å². The second kappa shape index (κ2) is 6.07. The molecule has 0 bridgehead atoms. The molecular weight excluding hydrogens is 288 g/mol. The summed E-state index contributed by atoms with van der Waals surface area (Å²) >= 11 is 0. The van der Waals surface area contributed by atoms with Gasteiger partial charge >= 0.3 is 0 Å². The van der Waals surface area contributed by atoms with E-state index in [1.165, 1.54) is 18.4 Å². The van der Waals surface area contributed by atoms with E-state index < -0.39 is 0 Å². The molecule has 2 aromatic heterocycles. The fourth-order valence-corrected chi connectivity index (χ4v) is 3.23. The zero-order chi connectivity index (χ0) is 15.6. The predicted octanol–water partition coefficient (Wildman–Crippen LogP) is 2.27. The van der Waals surface area contributed by atoms with Crippen molar-refractivity contribution in [2.45, 2.75) is 32.1 Å². The molecule has 0 aromatic carbocycles. The number of amides is 1. The Kier molecular flexibility index (Phi) is 3.77. The van der Waals surface area contributed by atoms with Crippen molar-refractivity contribution in [3.63, 3.8) is 0 Å². The van der Waals surface area contributed by atoms with E-state index in [2.05, 4.69) is 15.0 Å². The summed E-state index contributed by atoms with van der Waals surface area (Å²) in [4.78, 5) is 27.4. The van der Waals surface area contributed by atoms with Gasteiger partial charge in [0.15, 0.2) is 0 Å². The number of pyridine rings is 1. The molecule has 1 amide bonds. The quantitative estimate of drug-likeness (QED) is 0.873. The Morgan fingerprint density at radius 2 is 1.91 bits per heavy atom. The maximum atomic E-state index is 12.4. The molecule has 0 radical (unpaired) electrons. The molecular formula is C18H20N4O. The molecule has 3 heterocycles. The predicted molar refractivity (Wildman–Crippen MR) is 86.6 cm³/mol. The van der Waals surface area contributed by atoms with Crippen LogP contribution in [0.3, 0.4) is 0 Å². The molecule has 0 unspecified atom stereocenters. The second-order valence-corrected chi connectivity index (χ2v) is 6.41. The van der Waals surface area contributed by atoms with Crippen LogP contribution in [0.1, 0.15) is 30.5 Å². The van der Waals surface area contributed by atoms with Crippen LogP contribution < -0.4 is 0 Å². The van der Waals surface area contributed by atoms with Crippen LogP contribution in [0.4, 0.5) is 0 Å². The molecule has 1 saturated carbocycles. The third-order valence-electron chi connectivity index (χ3n) is 4.75. The number of aromatic nitrogens is 3. The first-order valence-electron chi connectivity index (χ1n) is 8.32. The smallest absolute Gasteiger partial charge is 0.222 e. The van der Waals surface area contributed by atoms with E-state index in [1.807, 2.05) is 17.0 Å². The summed E-state index contributed by atoms with van der Waals surface area (Å²) in [6, 6.07) is 3.95. The highest BCUT2D eigenvalue weighted by Gasteiger charge is 2.28. The number of hydrogen-bond donors (Lipinski definition) is 0. The number of rotatable bonds is 3. The van der Waals surface area contributed by atoms with Crippen molar-refractivity contribution in [1.82, 2.24) is 19.9 Å². The van der Waals surface area contributed by atoms with Crippen LogP contribution in [0.25, 0.3) is 11.3 Å². The Hall–Kier alpha value is -2.30. The van der Waals surface area contributed by atoms with Gasteiger partial charge in [-0.25, -0.2) is 9.97 Å². The Labute approximate surface area is 135 Å². The number of fused-ring (bicyclic) bond motifs is 1. The van der Waals surface area contributed by atoms with Crippen LogP contribution in [0.2, 0.25) is 0 Å². The Morgan fingerprint density at radius 1 is 1.13 bits per heavy atom. The highest BCUT2D eigenvalue weighted by atomic mass is 16.2. The molecule has 0 atom stereocenters.